The average Bonchev–Trinajstić information content (AvgIpc) is 2.79. The van der Waals surface area contributed by atoms with Gasteiger partial charge in [-0.3, -0.25) is 0 Å². The van der Waals surface area contributed by atoms with Gasteiger partial charge in [0.25, 0.3) is 0 Å². The van der Waals surface area contributed by atoms with Gasteiger partial charge in [0, 0.05) is 0 Å². The number of hydrogen-bond acceptors (Lipinski definition) is 1. The van der Waals surface area contributed by atoms with E-state index in [1.807, 2.05) is 0 Å². The van der Waals surface area contributed by atoms with Crippen molar-refractivity contribution in [3.63, 3.8) is 0 Å². The molecule has 0 bridgehead atoms. The van der Waals surface area contributed by atoms with Crippen molar-refractivity contribution in [1.29, 1.82) is 0 Å². The van der Waals surface area contributed by atoms with Crippen molar-refractivity contribution in [2.75, 3.05) is 0 Å². The van der Waals surface area contributed by atoms with E-state index in [0.717, 1.165) is 5.75 Å². The maximum Gasteiger partial charge on any atom is 0.119 e. The molecule has 2 aromatic rings. The van der Waals surface area contributed by atoms with Gasteiger partial charge in [0.05, 0.1) is 0 Å². The molecule has 30 heavy (non-hydrogen) atoms. The van der Waals surface area contributed by atoms with Crippen molar-refractivity contribution >= 4 is 0 Å². The summed E-state index contributed by atoms with van der Waals surface area (Å²) in [6.07, 6.45) is 18.7. The Morgan fingerprint density at radius 1 is 0.467 bits per heavy atom. The van der Waals surface area contributed by atoms with Crippen LogP contribution in [0.5, 0.6) is 5.75 Å². The topological polar surface area (TPSA) is 9.23 Å². The summed E-state index contributed by atoms with van der Waals surface area (Å²) < 4.78 is 5.99. The quantitative estimate of drug-likeness (QED) is 0.237. The fourth-order valence-corrected chi connectivity index (χ4v) is 3.94. The summed E-state index contributed by atoms with van der Waals surface area (Å²) in [4.78, 5) is 0. The zero-order chi connectivity index (χ0) is 21.3. The molecule has 0 aliphatic rings. The monoisotopic (exact) mass is 408 g/mol. The molecule has 0 spiro atoms. The van der Waals surface area contributed by atoms with Crippen molar-refractivity contribution in [3.8, 4) is 5.75 Å². The highest BCUT2D eigenvalue weighted by atomic mass is 16.5. The second-order valence-corrected chi connectivity index (χ2v) is 8.78. The van der Waals surface area contributed by atoms with Crippen molar-refractivity contribution in [1.82, 2.24) is 0 Å². The predicted molar refractivity (Wildman–Crippen MR) is 131 cm³/mol. The number of ether oxygens (including phenoxy) is 1. The van der Waals surface area contributed by atoms with Gasteiger partial charge in [0.15, 0.2) is 0 Å². The Balaban J connectivity index is 1.61. The Morgan fingerprint density at radius 2 is 0.867 bits per heavy atom. The van der Waals surface area contributed by atoms with E-state index >= 15 is 0 Å². The molecule has 0 fully saturated rings. The number of hydrogen-bond donors (Lipinski definition) is 0. The van der Waals surface area contributed by atoms with Crippen LogP contribution in [0, 0.1) is 0 Å². The molecule has 0 saturated heterocycles. The molecule has 166 valence electrons. The van der Waals surface area contributed by atoms with E-state index in [0.29, 0.717) is 6.61 Å². The van der Waals surface area contributed by atoms with Crippen LogP contribution in [-0.4, -0.2) is 0 Å². The number of benzene rings is 2. The summed E-state index contributed by atoms with van der Waals surface area (Å²) in [5.41, 5.74) is 4.13. The summed E-state index contributed by atoms with van der Waals surface area (Å²) in [5, 5.41) is 0. The molecule has 0 aliphatic carbocycles. The first-order valence-corrected chi connectivity index (χ1v) is 12.6. The minimum absolute atomic E-state index is 0.647. The molecule has 1 heteroatoms. The van der Waals surface area contributed by atoms with Gasteiger partial charge in [-0.05, 0) is 54.5 Å². The highest BCUT2D eigenvalue weighted by Gasteiger charge is 2.00. The van der Waals surface area contributed by atoms with Crippen LogP contribution in [0.15, 0.2) is 48.5 Å². The van der Waals surface area contributed by atoms with E-state index in [1.54, 1.807) is 0 Å². The molecule has 0 radical (unpaired) electrons. The number of rotatable bonds is 17. The SMILES string of the molecule is CCCCCCCCc1ccc(COc2ccc(CCCCCCCC)cc2)cc1. The summed E-state index contributed by atoms with van der Waals surface area (Å²) in [6.45, 7) is 5.20. The number of aryl methyl sites for hydroxylation is 2. The van der Waals surface area contributed by atoms with E-state index in [1.165, 1.54) is 107 Å². The molecular weight excluding hydrogens is 364 g/mol. The third kappa shape index (κ3) is 10.9. The molecule has 1 nitrogen and oxygen atoms in total. The van der Waals surface area contributed by atoms with Gasteiger partial charge in [-0.25, -0.2) is 0 Å². The Hall–Kier alpha value is -1.76. The Kier molecular flexibility index (Phi) is 13.1. The van der Waals surface area contributed by atoms with Crippen LogP contribution in [0.2, 0.25) is 0 Å². The molecular formula is C29H44O. The fourth-order valence-electron chi connectivity index (χ4n) is 3.94. The van der Waals surface area contributed by atoms with Crippen molar-refractivity contribution in [3.05, 3.63) is 65.2 Å². The second kappa shape index (κ2) is 16.0. The van der Waals surface area contributed by atoms with Crippen LogP contribution < -0.4 is 4.74 Å². The van der Waals surface area contributed by atoms with Crippen LogP contribution in [0.3, 0.4) is 0 Å². The largest absolute Gasteiger partial charge is 0.489 e. The van der Waals surface area contributed by atoms with Crippen LogP contribution in [0.1, 0.15) is 108 Å². The van der Waals surface area contributed by atoms with Gasteiger partial charge >= 0.3 is 0 Å². The van der Waals surface area contributed by atoms with Gasteiger partial charge < -0.3 is 4.74 Å². The molecule has 0 amide bonds. The second-order valence-electron chi connectivity index (χ2n) is 8.78. The molecule has 0 heterocycles. The molecule has 0 unspecified atom stereocenters. The van der Waals surface area contributed by atoms with E-state index in [9.17, 15) is 0 Å². The minimum atomic E-state index is 0.647. The fraction of sp³-hybridized carbons (Fsp3) is 0.586. The molecule has 2 rings (SSSR count). The predicted octanol–water partition coefficient (Wildman–Crippen LogP) is 9.07. The summed E-state index contributed by atoms with van der Waals surface area (Å²) in [6, 6.07) is 17.7. The standard InChI is InChI=1S/C29H44O/c1-3-5-7-9-11-13-15-26-17-19-28(20-18-26)25-30-29-23-21-27(22-24-29)16-14-12-10-8-6-4-2/h17-24H,3-16,25H2,1-2H3. The number of unbranched alkanes of at least 4 members (excludes halogenated alkanes) is 10. The Bertz CT molecular complexity index is 582. The normalized spacial score (nSPS) is 11.0. The molecule has 0 atom stereocenters. The third-order valence-electron chi connectivity index (χ3n) is 5.99. The summed E-state index contributed by atoms with van der Waals surface area (Å²) in [7, 11) is 0. The van der Waals surface area contributed by atoms with Gasteiger partial charge in [0.1, 0.15) is 12.4 Å². The van der Waals surface area contributed by atoms with Crippen LogP contribution >= 0.6 is 0 Å². The first kappa shape index (κ1) is 24.5. The zero-order valence-electron chi connectivity index (χ0n) is 19.6. The van der Waals surface area contributed by atoms with Crippen molar-refractivity contribution in [2.45, 2.75) is 110 Å². The Labute approximate surface area is 186 Å². The summed E-state index contributed by atoms with van der Waals surface area (Å²) >= 11 is 0. The van der Waals surface area contributed by atoms with E-state index in [2.05, 4.69) is 62.4 Å². The lowest BCUT2D eigenvalue weighted by molar-refractivity contribution is 0.306. The smallest absolute Gasteiger partial charge is 0.119 e. The van der Waals surface area contributed by atoms with E-state index in [-0.39, 0.29) is 0 Å². The molecule has 0 aromatic heterocycles. The van der Waals surface area contributed by atoms with Gasteiger partial charge in [0.2, 0.25) is 0 Å². The third-order valence-corrected chi connectivity index (χ3v) is 5.99. The molecule has 2 aromatic carbocycles. The van der Waals surface area contributed by atoms with Gasteiger partial charge in [-0.2, -0.15) is 0 Å². The average molecular weight is 409 g/mol. The Morgan fingerprint density at radius 3 is 1.37 bits per heavy atom. The zero-order valence-corrected chi connectivity index (χ0v) is 19.6. The van der Waals surface area contributed by atoms with Crippen molar-refractivity contribution in [2.24, 2.45) is 0 Å². The maximum absolute atomic E-state index is 5.99. The lowest BCUT2D eigenvalue weighted by Gasteiger charge is -2.09. The first-order valence-electron chi connectivity index (χ1n) is 12.6. The highest BCUT2D eigenvalue weighted by molar-refractivity contribution is 5.28. The van der Waals surface area contributed by atoms with Gasteiger partial charge in [-0.15, -0.1) is 0 Å². The van der Waals surface area contributed by atoms with Crippen molar-refractivity contribution < 1.29 is 4.74 Å². The summed E-state index contributed by atoms with van der Waals surface area (Å²) in [5.74, 6) is 0.970. The van der Waals surface area contributed by atoms with Gasteiger partial charge in [-0.1, -0.05) is 114 Å². The maximum atomic E-state index is 5.99. The van der Waals surface area contributed by atoms with Crippen LogP contribution in [-0.2, 0) is 19.4 Å². The molecule has 0 N–H and O–H groups in total. The molecule has 0 aliphatic heterocycles. The molecule has 0 saturated carbocycles. The highest BCUT2D eigenvalue weighted by Crippen LogP contribution is 2.17. The first-order chi connectivity index (χ1) is 14.8. The lowest BCUT2D eigenvalue weighted by atomic mass is 10.0. The lowest BCUT2D eigenvalue weighted by Crippen LogP contribution is -1.96. The van der Waals surface area contributed by atoms with Crippen LogP contribution in [0.25, 0.3) is 0 Å². The van der Waals surface area contributed by atoms with E-state index in [4.69, 9.17) is 4.74 Å². The van der Waals surface area contributed by atoms with Crippen LogP contribution in [0.4, 0.5) is 0 Å². The minimum Gasteiger partial charge on any atom is -0.489 e. The van der Waals surface area contributed by atoms with E-state index < -0.39 is 0 Å².